The summed E-state index contributed by atoms with van der Waals surface area (Å²) in [5.41, 5.74) is 2.24. The normalized spacial score (nSPS) is 13.8. The van der Waals surface area contributed by atoms with Crippen molar-refractivity contribution in [3.63, 3.8) is 0 Å². The van der Waals surface area contributed by atoms with Gasteiger partial charge >= 0.3 is 0 Å². The van der Waals surface area contributed by atoms with Gasteiger partial charge in [-0.05, 0) is 36.6 Å². The Morgan fingerprint density at radius 1 is 0.958 bits per heavy atom. The van der Waals surface area contributed by atoms with Crippen LogP contribution in [0.2, 0.25) is 0 Å². The SMILES string of the molecule is CCC(C)Cn1c(C(CC)Oc2ccccc2)nc2ccccc21. The third-order valence-electron chi connectivity index (χ3n) is 4.56. The van der Waals surface area contributed by atoms with E-state index in [0.717, 1.165) is 36.5 Å². The predicted molar refractivity (Wildman–Crippen MR) is 99.3 cm³/mol. The lowest BCUT2D eigenvalue weighted by Crippen LogP contribution is -2.16. The molecule has 3 nitrogen and oxygen atoms in total. The molecular weight excluding hydrogens is 296 g/mol. The second-order valence-corrected chi connectivity index (χ2v) is 6.41. The summed E-state index contributed by atoms with van der Waals surface area (Å²) in [6.45, 7) is 7.65. The molecule has 0 N–H and O–H groups in total. The summed E-state index contributed by atoms with van der Waals surface area (Å²) in [5, 5.41) is 0. The molecule has 0 amide bonds. The van der Waals surface area contributed by atoms with E-state index in [-0.39, 0.29) is 6.10 Å². The Hall–Kier alpha value is -2.29. The van der Waals surface area contributed by atoms with Crippen LogP contribution < -0.4 is 4.74 Å². The number of rotatable bonds is 7. The molecule has 1 heterocycles. The smallest absolute Gasteiger partial charge is 0.156 e. The van der Waals surface area contributed by atoms with Crippen molar-refractivity contribution in [2.24, 2.45) is 5.92 Å². The van der Waals surface area contributed by atoms with Crippen LogP contribution in [-0.4, -0.2) is 9.55 Å². The third kappa shape index (κ3) is 3.45. The van der Waals surface area contributed by atoms with E-state index in [1.807, 2.05) is 36.4 Å². The molecular formula is C21H26N2O. The van der Waals surface area contributed by atoms with Crippen molar-refractivity contribution in [3.8, 4) is 5.75 Å². The summed E-state index contributed by atoms with van der Waals surface area (Å²) in [5.74, 6) is 2.53. The lowest BCUT2D eigenvalue weighted by atomic mass is 10.1. The summed E-state index contributed by atoms with van der Waals surface area (Å²) in [6, 6.07) is 18.4. The highest BCUT2D eigenvalue weighted by Crippen LogP contribution is 2.28. The summed E-state index contributed by atoms with van der Waals surface area (Å²) in [7, 11) is 0. The van der Waals surface area contributed by atoms with Crippen LogP contribution in [0.15, 0.2) is 54.6 Å². The second-order valence-electron chi connectivity index (χ2n) is 6.41. The van der Waals surface area contributed by atoms with Gasteiger partial charge in [-0.3, -0.25) is 0 Å². The summed E-state index contributed by atoms with van der Waals surface area (Å²) in [6.07, 6.45) is 2.00. The van der Waals surface area contributed by atoms with Gasteiger partial charge in [0.25, 0.3) is 0 Å². The van der Waals surface area contributed by atoms with Crippen molar-refractivity contribution in [1.29, 1.82) is 0 Å². The van der Waals surface area contributed by atoms with Crippen molar-refractivity contribution in [3.05, 3.63) is 60.4 Å². The Morgan fingerprint density at radius 2 is 1.67 bits per heavy atom. The number of hydrogen-bond donors (Lipinski definition) is 0. The van der Waals surface area contributed by atoms with E-state index in [9.17, 15) is 0 Å². The molecule has 0 aliphatic rings. The highest BCUT2D eigenvalue weighted by molar-refractivity contribution is 5.76. The van der Waals surface area contributed by atoms with Crippen LogP contribution in [0, 0.1) is 5.92 Å². The zero-order chi connectivity index (χ0) is 16.9. The average Bonchev–Trinajstić information content (AvgIpc) is 2.99. The van der Waals surface area contributed by atoms with E-state index in [1.165, 1.54) is 5.52 Å². The van der Waals surface area contributed by atoms with Gasteiger partial charge in [0.1, 0.15) is 5.75 Å². The van der Waals surface area contributed by atoms with Gasteiger partial charge in [-0.25, -0.2) is 4.98 Å². The first-order valence-electron chi connectivity index (χ1n) is 8.89. The molecule has 3 rings (SSSR count). The summed E-state index contributed by atoms with van der Waals surface area (Å²) >= 11 is 0. The maximum absolute atomic E-state index is 6.25. The van der Waals surface area contributed by atoms with E-state index in [0.29, 0.717) is 5.92 Å². The number of nitrogens with zero attached hydrogens (tertiary/aromatic N) is 2. The second kappa shape index (κ2) is 7.52. The standard InChI is InChI=1S/C21H26N2O/c1-4-16(3)15-23-19-14-10-9-13-18(19)22-21(23)20(5-2)24-17-11-7-6-8-12-17/h6-14,16,20H,4-5,15H2,1-3H3. The molecule has 0 bridgehead atoms. The molecule has 0 saturated heterocycles. The molecule has 0 radical (unpaired) electrons. The number of hydrogen-bond acceptors (Lipinski definition) is 2. The minimum Gasteiger partial charge on any atom is -0.483 e. The van der Waals surface area contributed by atoms with Crippen LogP contribution in [-0.2, 0) is 6.54 Å². The van der Waals surface area contributed by atoms with Crippen LogP contribution in [0.1, 0.15) is 45.5 Å². The molecule has 126 valence electrons. The first kappa shape index (κ1) is 16.6. The number of para-hydroxylation sites is 3. The van der Waals surface area contributed by atoms with Crippen molar-refractivity contribution < 1.29 is 4.74 Å². The summed E-state index contributed by atoms with van der Waals surface area (Å²) in [4.78, 5) is 4.91. The van der Waals surface area contributed by atoms with Crippen LogP contribution >= 0.6 is 0 Å². The fourth-order valence-electron chi connectivity index (χ4n) is 2.95. The van der Waals surface area contributed by atoms with Crippen molar-refractivity contribution in [1.82, 2.24) is 9.55 Å². The zero-order valence-corrected chi connectivity index (χ0v) is 14.8. The molecule has 0 spiro atoms. The molecule has 24 heavy (non-hydrogen) atoms. The molecule has 3 heteroatoms. The molecule has 0 aliphatic heterocycles. The van der Waals surface area contributed by atoms with Gasteiger partial charge in [-0.15, -0.1) is 0 Å². The Bertz CT molecular complexity index is 779. The van der Waals surface area contributed by atoms with Crippen molar-refractivity contribution in [2.45, 2.75) is 46.3 Å². The van der Waals surface area contributed by atoms with Gasteiger partial charge < -0.3 is 9.30 Å². The first-order chi connectivity index (χ1) is 11.7. The van der Waals surface area contributed by atoms with Gasteiger partial charge in [0, 0.05) is 6.54 Å². The Kier molecular flexibility index (Phi) is 5.19. The minimum absolute atomic E-state index is 0.0381. The molecule has 1 aromatic heterocycles. The Balaban J connectivity index is 2.00. The van der Waals surface area contributed by atoms with Crippen LogP contribution in [0.25, 0.3) is 11.0 Å². The molecule has 2 atom stereocenters. The van der Waals surface area contributed by atoms with Gasteiger partial charge in [0.15, 0.2) is 11.9 Å². The number of benzene rings is 2. The van der Waals surface area contributed by atoms with Gasteiger partial charge in [-0.2, -0.15) is 0 Å². The quantitative estimate of drug-likeness (QED) is 0.565. The third-order valence-corrected chi connectivity index (χ3v) is 4.56. The van der Waals surface area contributed by atoms with Crippen molar-refractivity contribution >= 4 is 11.0 Å². The number of fused-ring (bicyclic) bond motifs is 1. The fraction of sp³-hybridized carbons (Fsp3) is 0.381. The van der Waals surface area contributed by atoms with E-state index in [1.54, 1.807) is 0 Å². The zero-order valence-electron chi connectivity index (χ0n) is 14.8. The maximum Gasteiger partial charge on any atom is 0.156 e. The molecule has 2 unspecified atom stereocenters. The first-order valence-corrected chi connectivity index (χ1v) is 8.89. The van der Waals surface area contributed by atoms with Crippen LogP contribution in [0.3, 0.4) is 0 Å². The van der Waals surface area contributed by atoms with Crippen LogP contribution in [0.4, 0.5) is 0 Å². The number of aromatic nitrogens is 2. The monoisotopic (exact) mass is 322 g/mol. The maximum atomic E-state index is 6.25. The molecule has 3 aromatic rings. The van der Waals surface area contributed by atoms with E-state index in [2.05, 4.69) is 43.5 Å². The van der Waals surface area contributed by atoms with Gasteiger partial charge in [0.2, 0.25) is 0 Å². The highest BCUT2D eigenvalue weighted by Gasteiger charge is 2.21. The number of imidazole rings is 1. The van der Waals surface area contributed by atoms with Gasteiger partial charge in [0.05, 0.1) is 11.0 Å². The molecule has 0 aliphatic carbocycles. The Morgan fingerprint density at radius 3 is 2.38 bits per heavy atom. The van der Waals surface area contributed by atoms with Crippen molar-refractivity contribution in [2.75, 3.05) is 0 Å². The topological polar surface area (TPSA) is 27.1 Å². The fourth-order valence-corrected chi connectivity index (χ4v) is 2.95. The average molecular weight is 322 g/mol. The highest BCUT2D eigenvalue weighted by atomic mass is 16.5. The molecule has 2 aromatic carbocycles. The van der Waals surface area contributed by atoms with Crippen LogP contribution in [0.5, 0.6) is 5.75 Å². The molecule has 0 saturated carbocycles. The van der Waals surface area contributed by atoms with E-state index in [4.69, 9.17) is 9.72 Å². The molecule has 0 fully saturated rings. The number of ether oxygens (including phenoxy) is 1. The van der Waals surface area contributed by atoms with E-state index >= 15 is 0 Å². The summed E-state index contributed by atoms with van der Waals surface area (Å²) < 4.78 is 8.60. The predicted octanol–water partition coefficient (Wildman–Crippen LogP) is 5.61. The minimum atomic E-state index is -0.0381. The lowest BCUT2D eigenvalue weighted by Gasteiger charge is -2.20. The lowest BCUT2D eigenvalue weighted by molar-refractivity contribution is 0.185. The largest absolute Gasteiger partial charge is 0.483 e. The van der Waals surface area contributed by atoms with E-state index < -0.39 is 0 Å². The van der Waals surface area contributed by atoms with Gasteiger partial charge in [-0.1, -0.05) is 57.5 Å². The Labute approximate surface area is 144 Å².